The van der Waals surface area contributed by atoms with Gasteiger partial charge in [0.05, 0.1) is 11.8 Å². The van der Waals surface area contributed by atoms with Crippen molar-refractivity contribution in [3.8, 4) is 0 Å². The molecule has 4 nitrogen and oxygen atoms in total. The van der Waals surface area contributed by atoms with E-state index in [1.54, 1.807) is 31.2 Å². The number of nitrogens with one attached hydrogen (secondary N) is 1. The molecule has 2 aromatic rings. The van der Waals surface area contributed by atoms with Crippen LogP contribution < -0.4 is 5.32 Å². The molecule has 0 aliphatic carbocycles. The summed E-state index contributed by atoms with van der Waals surface area (Å²) in [5.41, 5.74) is 0.196. The molecule has 1 atom stereocenters. The van der Waals surface area contributed by atoms with Crippen LogP contribution in [0.25, 0.3) is 0 Å². The molecule has 2 aromatic carbocycles. The molecule has 0 spiro atoms. The Balaban J connectivity index is 1.93. The number of rotatable bonds is 7. The van der Waals surface area contributed by atoms with Gasteiger partial charge in [0.2, 0.25) is 6.10 Å². The molecule has 1 N–H and O–H groups in total. The van der Waals surface area contributed by atoms with E-state index in [-0.39, 0.29) is 12.1 Å². The molecule has 0 aliphatic rings. The van der Waals surface area contributed by atoms with Gasteiger partial charge < -0.3 is 10.2 Å². The highest BCUT2D eigenvalue weighted by Gasteiger charge is 2.30. The molecule has 0 aromatic heterocycles. The summed E-state index contributed by atoms with van der Waals surface area (Å²) in [6.45, 7) is 1.97. The molecular weight excluding hydrogens is 381 g/mol. The fourth-order valence-electron chi connectivity index (χ4n) is 2.21. The fourth-order valence-corrected chi connectivity index (χ4v) is 2.41. The summed E-state index contributed by atoms with van der Waals surface area (Å²) in [6.07, 6.45) is -3.82. The van der Waals surface area contributed by atoms with Gasteiger partial charge in [-0.3, -0.25) is 4.79 Å². The van der Waals surface area contributed by atoms with Crippen molar-refractivity contribution in [2.75, 3.05) is 0 Å². The van der Waals surface area contributed by atoms with E-state index in [0.717, 1.165) is 23.9 Å². The van der Waals surface area contributed by atoms with Gasteiger partial charge in [-0.25, -0.2) is 0 Å². The zero-order chi connectivity index (χ0) is 19.9. The third-order valence-electron chi connectivity index (χ3n) is 3.68. The Morgan fingerprint density at radius 3 is 2.67 bits per heavy atom. The number of amides is 1. The van der Waals surface area contributed by atoms with Crippen LogP contribution in [0.3, 0.4) is 0 Å². The lowest BCUT2D eigenvalue weighted by atomic mass is 10.1. The van der Waals surface area contributed by atoms with Gasteiger partial charge in [-0.15, -0.1) is 0 Å². The molecule has 0 bridgehead atoms. The smallest absolute Gasteiger partial charge is 0.382 e. The molecule has 0 saturated heterocycles. The van der Waals surface area contributed by atoms with E-state index in [9.17, 15) is 18.0 Å². The predicted molar refractivity (Wildman–Crippen MR) is 97.5 cm³/mol. The first-order valence-corrected chi connectivity index (χ1v) is 8.56. The van der Waals surface area contributed by atoms with Crippen LogP contribution in [0.5, 0.6) is 0 Å². The van der Waals surface area contributed by atoms with Gasteiger partial charge in [-0.1, -0.05) is 54.0 Å². The topological polar surface area (TPSA) is 50.7 Å². The highest BCUT2D eigenvalue weighted by molar-refractivity contribution is 6.31. The van der Waals surface area contributed by atoms with Crippen LogP contribution in [0.1, 0.15) is 30.0 Å². The van der Waals surface area contributed by atoms with Crippen LogP contribution in [0, 0.1) is 0 Å². The minimum absolute atomic E-state index is 0.219. The van der Waals surface area contributed by atoms with Crippen LogP contribution >= 0.6 is 11.6 Å². The number of alkyl halides is 3. The first-order valence-electron chi connectivity index (χ1n) is 8.19. The average Bonchev–Trinajstić information content (AvgIpc) is 2.64. The van der Waals surface area contributed by atoms with E-state index in [1.807, 2.05) is 0 Å². The van der Waals surface area contributed by atoms with Crippen molar-refractivity contribution in [3.63, 3.8) is 0 Å². The maximum absolute atomic E-state index is 12.7. The van der Waals surface area contributed by atoms with E-state index in [2.05, 4.69) is 10.5 Å². The Kier molecular flexibility index (Phi) is 7.24. The molecule has 144 valence electrons. The minimum Gasteiger partial charge on any atom is -0.382 e. The van der Waals surface area contributed by atoms with Crippen LogP contribution in [0.4, 0.5) is 13.2 Å². The number of hydrogen-bond donors (Lipinski definition) is 1. The summed E-state index contributed by atoms with van der Waals surface area (Å²) in [6, 6.07) is 11.7. The number of carbonyl (C=O) groups is 1. The van der Waals surface area contributed by atoms with Gasteiger partial charge in [-0.05, 0) is 35.7 Å². The Morgan fingerprint density at radius 1 is 1.26 bits per heavy atom. The second-order valence-electron chi connectivity index (χ2n) is 5.67. The summed E-state index contributed by atoms with van der Waals surface area (Å²) < 4.78 is 38.1. The fraction of sp³-hybridized carbons (Fsp3) is 0.263. The normalized spacial score (nSPS) is 12.8. The zero-order valence-electron chi connectivity index (χ0n) is 14.5. The molecule has 1 unspecified atom stereocenters. The lowest BCUT2D eigenvalue weighted by Gasteiger charge is -2.13. The molecule has 0 saturated carbocycles. The Labute approximate surface area is 160 Å². The van der Waals surface area contributed by atoms with Gasteiger partial charge in [0.25, 0.3) is 5.91 Å². The van der Waals surface area contributed by atoms with Gasteiger partial charge in [0.1, 0.15) is 0 Å². The predicted octanol–water partition coefficient (Wildman–Crippen LogP) is 4.80. The summed E-state index contributed by atoms with van der Waals surface area (Å²) in [5, 5.41) is 6.88. The minimum atomic E-state index is -4.44. The van der Waals surface area contributed by atoms with E-state index in [1.165, 1.54) is 12.1 Å². The van der Waals surface area contributed by atoms with Gasteiger partial charge in [0.15, 0.2) is 0 Å². The summed E-state index contributed by atoms with van der Waals surface area (Å²) in [7, 11) is 0. The summed E-state index contributed by atoms with van der Waals surface area (Å²) >= 11 is 6.03. The second kappa shape index (κ2) is 9.41. The van der Waals surface area contributed by atoms with Crippen molar-refractivity contribution < 1.29 is 22.8 Å². The van der Waals surface area contributed by atoms with Gasteiger partial charge in [-0.2, -0.15) is 13.2 Å². The highest BCUT2D eigenvalue weighted by atomic mass is 35.5. The van der Waals surface area contributed by atoms with Crippen LogP contribution in [-0.2, 0) is 22.4 Å². The number of oxime groups is 1. The van der Waals surface area contributed by atoms with Crippen molar-refractivity contribution in [2.24, 2.45) is 5.16 Å². The molecule has 27 heavy (non-hydrogen) atoms. The largest absolute Gasteiger partial charge is 0.416 e. The van der Waals surface area contributed by atoms with E-state index < -0.39 is 23.8 Å². The Bertz CT molecular complexity index is 810. The molecule has 0 heterocycles. The average molecular weight is 399 g/mol. The van der Waals surface area contributed by atoms with Gasteiger partial charge >= 0.3 is 6.18 Å². The van der Waals surface area contributed by atoms with Crippen LogP contribution in [0.15, 0.2) is 53.7 Å². The van der Waals surface area contributed by atoms with Crippen molar-refractivity contribution >= 4 is 23.7 Å². The molecule has 0 aliphatic heterocycles. The molecule has 1 amide bonds. The number of nitrogens with zero attached hydrogens (tertiary/aromatic N) is 1. The molecule has 2 rings (SSSR count). The van der Waals surface area contributed by atoms with Crippen molar-refractivity contribution in [1.29, 1.82) is 0 Å². The monoisotopic (exact) mass is 398 g/mol. The SMILES string of the molecule is CCC(O/N=C\c1cccc(C(F)(F)F)c1)C(=O)NCc1ccccc1Cl. The summed E-state index contributed by atoms with van der Waals surface area (Å²) in [5.74, 6) is -0.390. The highest BCUT2D eigenvalue weighted by Crippen LogP contribution is 2.29. The third-order valence-corrected chi connectivity index (χ3v) is 4.05. The first kappa shape index (κ1) is 20.8. The van der Waals surface area contributed by atoms with Crippen molar-refractivity contribution in [1.82, 2.24) is 5.32 Å². The number of halogens is 4. The molecule has 0 radical (unpaired) electrons. The number of benzene rings is 2. The Hall–Kier alpha value is -2.54. The standard InChI is InChI=1S/C19H18ClF3N2O2/c1-2-17(18(26)24-12-14-7-3-4-9-16(14)20)27-25-11-13-6-5-8-15(10-13)19(21,22)23/h3-11,17H,2,12H2,1H3,(H,24,26)/b25-11-. The number of carbonyl (C=O) groups excluding carboxylic acids is 1. The van der Waals surface area contributed by atoms with Crippen LogP contribution in [0.2, 0.25) is 5.02 Å². The number of hydrogen-bond acceptors (Lipinski definition) is 3. The van der Waals surface area contributed by atoms with E-state index >= 15 is 0 Å². The molecule has 0 fully saturated rings. The second-order valence-corrected chi connectivity index (χ2v) is 6.08. The maximum Gasteiger partial charge on any atom is 0.416 e. The van der Waals surface area contributed by atoms with E-state index in [4.69, 9.17) is 16.4 Å². The summed E-state index contributed by atoms with van der Waals surface area (Å²) in [4.78, 5) is 17.3. The third kappa shape index (κ3) is 6.29. The van der Waals surface area contributed by atoms with E-state index in [0.29, 0.717) is 11.4 Å². The molecule has 8 heteroatoms. The molecular formula is C19H18ClF3N2O2. The zero-order valence-corrected chi connectivity index (χ0v) is 15.2. The van der Waals surface area contributed by atoms with Gasteiger partial charge in [0, 0.05) is 11.6 Å². The van der Waals surface area contributed by atoms with Crippen LogP contribution in [-0.4, -0.2) is 18.2 Å². The lowest BCUT2D eigenvalue weighted by Crippen LogP contribution is -2.34. The van der Waals surface area contributed by atoms with Crippen molar-refractivity contribution in [2.45, 2.75) is 32.2 Å². The maximum atomic E-state index is 12.7. The Morgan fingerprint density at radius 2 is 2.00 bits per heavy atom. The first-order chi connectivity index (χ1) is 12.8. The quantitative estimate of drug-likeness (QED) is 0.537. The lowest BCUT2D eigenvalue weighted by molar-refractivity contribution is -0.137. The van der Waals surface area contributed by atoms with Crippen molar-refractivity contribution in [3.05, 3.63) is 70.2 Å².